The van der Waals surface area contributed by atoms with Crippen molar-refractivity contribution >= 4 is 17.4 Å². The Labute approximate surface area is 175 Å². The fourth-order valence-corrected chi connectivity index (χ4v) is 3.17. The van der Waals surface area contributed by atoms with Gasteiger partial charge in [-0.1, -0.05) is 13.0 Å². The van der Waals surface area contributed by atoms with Gasteiger partial charge >= 0.3 is 5.69 Å². The van der Waals surface area contributed by atoms with E-state index in [0.717, 1.165) is 27.7 Å². The van der Waals surface area contributed by atoms with Gasteiger partial charge < -0.3 is 26.8 Å². The van der Waals surface area contributed by atoms with Crippen molar-refractivity contribution in [3.63, 3.8) is 0 Å². The topological polar surface area (TPSA) is 143 Å². The number of amides is 1. The van der Waals surface area contributed by atoms with E-state index in [1.54, 1.807) is 6.92 Å². The van der Waals surface area contributed by atoms with E-state index in [2.05, 4.69) is 22.9 Å². The van der Waals surface area contributed by atoms with Crippen molar-refractivity contribution in [3.8, 4) is 0 Å². The monoisotopic (exact) mass is 420 g/mol. The Morgan fingerprint density at radius 3 is 2.67 bits per heavy atom. The maximum atomic E-state index is 12.5. The second-order valence-corrected chi connectivity index (χ2v) is 7.72. The first-order chi connectivity index (χ1) is 14.1. The number of aliphatic hydroxyl groups is 1. The van der Waals surface area contributed by atoms with Crippen molar-refractivity contribution < 1.29 is 9.90 Å². The summed E-state index contributed by atoms with van der Waals surface area (Å²) >= 11 is 0. The van der Waals surface area contributed by atoms with Crippen molar-refractivity contribution in [1.82, 2.24) is 19.8 Å². The highest BCUT2D eigenvalue weighted by atomic mass is 16.3. The Balaban J connectivity index is 2.05. The molecule has 30 heavy (non-hydrogen) atoms. The lowest BCUT2D eigenvalue weighted by atomic mass is 9.98. The number of carbonyl (C=O) groups excluding carboxylic acids is 1. The van der Waals surface area contributed by atoms with Crippen molar-refractivity contribution in [2.75, 3.05) is 24.1 Å². The molecule has 0 radical (unpaired) electrons. The van der Waals surface area contributed by atoms with Crippen LogP contribution in [0.25, 0.3) is 0 Å². The molecule has 2 atom stereocenters. The molecule has 2 unspecified atom stereocenters. The van der Waals surface area contributed by atoms with Gasteiger partial charge in [-0.3, -0.25) is 18.7 Å². The van der Waals surface area contributed by atoms with E-state index >= 15 is 0 Å². The van der Waals surface area contributed by atoms with E-state index in [1.165, 1.54) is 14.1 Å². The summed E-state index contributed by atoms with van der Waals surface area (Å²) in [6.45, 7) is 4.36. The Kier molecular flexibility index (Phi) is 7.87. The molecule has 0 saturated heterocycles. The van der Waals surface area contributed by atoms with E-state index in [1.807, 2.05) is 12.2 Å². The van der Waals surface area contributed by atoms with Crippen LogP contribution in [-0.2, 0) is 18.9 Å². The number of aromatic nitrogens is 2. The number of nitrogens with two attached hydrogens (primary N) is 1. The molecular weight excluding hydrogens is 388 g/mol. The van der Waals surface area contributed by atoms with Crippen molar-refractivity contribution in [1.29, 1.82) is 0 Å². The molecule has 10 nitrogen and oxygen atoms in total. The summed E-state index contributed by atoms with van der Waals surface area (Å²) < 4.78 is 2.07. The summed E-state index contributed by atoms with van der Waals surface area (Å²) in [5, 5.41) is 18.3. The van der Waals surface area contributed by atoms with E-state index < -0.39 is 11.2 Å². The molecule has 1 aliphatic carbocycles. The van der Waals surface area contributed by atoms with Crippen LogP contribution in [0.3, 0.4) is 0 Å². The zero-order valence-corrected chi connectivity index (χ0v) is 18.0. The van der Waals surface area contributed by atoms with Gasteiger partial charge in [-0.05, 0) is 38.2 Å². The maximum absolute atomic E-state index is 12.5. The first kappa shape index (κ1) is 23.3. The normalized spacial score (nSPS) is 17.0. The number of rotatable bonds is 9. The Hall–Kier alpha value is -3.01. The fraction of sp³-hybridized carbons (Fsp3) is 0.550. The van der Waals surface area contributed by atoms with E-state index in [0.29, 0.717) is 24.6 Å². The molecule has 0 bridgehead atoms. The van der Waals surface area contributed by atoms with Gasteiger partial charge in [-0.25, -0.2) is 4.79 Å². The number of nitrogen functional groups attached to an aromatic ring is 1. The second-order valence-electron chi connectivity index (χ2n) is 7.72. The van der Waals surface area contributed by atoms with Gasteiger partial charge in [-0.2, -0.15) is 0 Å². The number of allylic oxidation sites excluding steroid dienone is 3. The molecule has 1 aliphatic rings. The first-order valence-corrected chi connectivity index (χ1v) is 10.0. The summed E-state index contributed by atoms with van der Waals surface area (Å²) in [5.74, 6) is -0.0266. The molecule has 10 heteroatoms. The Morgan fingerprint density at radius 2 is 2.00 bits per heavy atom. The summed E-state index contributed by atoms with van der Waals surface area (Å²) in [6, 6.07) is 0. The quantitative estimate of drug-likeness (QED) is 0.347. The predicted octanol–water partition coefficient (Wildman–Crippen LogP) is -0.247. The number of nitrogens with zero attached hydrogens (tertiary/aromatic N) is 2. The lowest BCUT2D eigenvalue weighted by Gasteiger charge is -2.22. The van der Waals surface area contributed by atoms with Gasteiger partial charge in [0.2, 0.25) is 5.91 Å². The third kappa shape index (κ3) is 5.76. The molecule has 0 saturated carbocycles. The largest absolute Gasteiger partial charge is 0.393 e. The van der Waals surface area contributed by atoms with Crippen molar-refractivity contribution in [2.45, 2.75) is 39.2 Å². The van der Waals surface area contributed by atoms with E-state index in [4.69, 9.17) is 5.73 Å². The fourth-order valence-electron chi connectivity index (χ4n) is 3.17. The van der Waals surface area contributed by atoms with Crippen LogP contribution in [0.5, 0.6) is 0 Å². The third-order valence-corrected chi connectivity index (χ3v) is 4.99. The number of nitrogens with one attached hydrogen (secondary N) is 3. The molecule has 1 heterocycles. The second kappa shape index (κ2) is 10.1. The zero-order chi connectivity index (χ0) is 22.4. The number of anilines is 2. The van der Waals surface area contributed by atoms with Gasteiger partial charge in [0, 0.05) is 26.3 Å². The molecule has 166 valence electrons. The van der Waals surface area contributed by atoms with Crippen LogP contribution >= 0.6 is 0 Å². The van der Waals surface area contributed by atoms with Crippen LogP contribution in [0.15, 0.2) is 33.1 Å². The SMILES string of the molecule is CC(O)CCCNC1=C(NC(=O)CNc2c(N)n(C)c(=O)n(C)c2=O)C=CC(C)C1. The molecule has 0 aliphatic heterocycles. The molecular formula is C20H32N6O4. The van der Waals surface area contributed by atoms with Crippen molar-refractivity contribution in [2.24, 2.45) is 20.0 Å². The minimum absolute atomic E-state index is 0.00742. The predicted molar refractivity (Wildman–Crippen MR) is 117 cm³/mol. The van der Waals surface area contributed by atoms with Gasteiger partial charge in [0.15, 0.2) is 0 Å². The molecule has 1 aromatic heterocycles. The molecule has 1 aromatic rings. The minimum atomic E-state index is -0.588. The van der Waals surface area contributed by atoms with Gasteiger partial charge in [0.1, 0.15) is 11.5 Å². The van der Waals surface area contributed by atoms with Crippen LogP contribution in [0.1, 0.15) is 33.1 Å². The van der Waals surface area contributed by atoms with Crippen LogP contribution in [0.2, 0.25) is 0 Å². The number of carbonyl (C=O) groups is 1. The van der Waals surface area contributed by atoms with Crippen LogP contribution in [0, 0.1) is 5.92 Å². The highest BCUT2D eigenvalue weighted by molar-refractivity contribution is 5.83. The smallest absolute Gasteiger partial charge is 0.332 e. The highest BCUT2D eigenvalue weighted by Crippen LogP contribution is 2.20. The lowest BCUT2D eigenvalue weighted by molar-refractivity contribution is -0.118. The average molecular weight is 421 g/mol. The summed E-state index contributed by atoms with van der Waals surface area (Å²) in [7, 11) is 2.81. The van der Waals surface area contributed by atoms with Crippen molar-refractivity contribution in [3.05, 3.63) is 44.4 Å². The van der Waals surface area contributed by atoms with Gasteiger partial charge in [-0.15, -0.1) is 0 Å². The Morgan fingerprint density at radius 1 is 1.30 bits per heavy atom. The molecule has 1 amide bonds. The minimum Gasteiger partial charge on any atom is -0.393 e. The summed E-state index contributed by atoms with van der Waals surface area (Å²) in [4.78, 5) is 36.6. The standard InChI is InChI=1S/C20H32N6O4/c1-12-7-8-14(15(10-12)22-9-5-6-13(2)27)24-16(28)11-23-17-18(21)25(3)20(30)26(4)19(17)29/h7-8,12-13,22-23,27H,5-6,9-11,21H2,1-4H3,(H,24,28). The first-order valence-electron chi connectivity index (χ1n) is 10.0. The third-order valence-electron chi connectivity index (χ3n) is 4.99. The van der Waals surface area contributed by atoms with Crippen LogP contribution in [0.4, 0.5) is 11.5 Å². The van der Waals surface area contributed by atoms with E-state index in [9.17, 15) is 19.5 Å². The number of aliphatic hydroxyl groups excluding tert-OH is 1. The number of hydrogen-bond acceptors (Lipinski definition) is 7. The lowest BCUT2D eigenvalue weighted by Crippen LogP contribution is -2.41. The number of hydrogen-bond donors (Lipinski definition) is 5. The van der Waals surface area contributed by atoms with Crippen LogP contribution < -0.4 is 32.9 Å². The maximum Gasteiger partial charge on any atom is 0.332 e. The molecule has 2 rings (SSSR count). The highest BCUT2D eigenvalue weighted by Gasteiger charge is 2.17. The molecule has 0 fully saturated rings. The van der Waals surface area contributed by atoms with E-state index in [-0.39, 0.29) is 30.1 Å². The summed E-state index contributed by atoms with van der Waals surface area (Å²) in [5.41, 5.74) is 6.35. The van der Waals surface area contributed by atoms with Gasteiger partial charge in [0.25, 0.3) is 5.56 Å². The van der Waals surface area contributed by atoms with Gasteiger partial charge in [0.05, 0.1) is 18.3 Å². The Bertz CT molecular complexity index is 957. The molecule has 6 N–H and O–H groups in total. The molecule has 0 spiro atoms. The zero-order valence-electron chi connectivity index (χ0n) is 18.0. The average Bonchev–Trinajstić information content (AvgIpc) is 2.69. The summed E-state index contributed by atoms with van der Waals surface area (Å²) in [6.07, 6.45) is 5.83. The van der Waals surface area contributed by atoms with Crippen LogP contribution in [-0.4, -0.2) is 39.3 Å². The molecule has 0 aromatic carbocycles.